The van der Waals surface area contributed by atoms with E-state index in [-0.39, 0.29) is 133 Å². The van der Waals surface area contributed by atoms with Gasteiger partial charge in [-0.3, -0.25) is 67.7 Å². The minimum Gasteiger partial charge on any atom is -0.481 e. The molecule has 1 aromatic heterocycles. The Hall–Kier alpha value is -8.62. The summed E-state index contributed by atoms with van der Waals surface area (Å²) in [5, 5.41) is 46.5. The number of Topliss-reactive ketones (excluding diaryl/α,β-unsaturated/α-hetero) is 3. The topological polar surface area (TPSA) is 525 Å². The third-order valence-electron chi connectivity index (χ3n) is 18.3. The number of nitrogens with two attached hydrogens (primary N) is 7. The maximum atomic E-state index is 15.4. The molecule has 0 spiro atoms. The molecule has 4 aliphatic heterocycles. The zero-order chi connectivity index (χ0) is 70.3. The second-order valence-corrected chi connectivity index (χ2v) is 26.4. The zero-order valence-corrected chi connectivity index (χ0v) is 55.2. The van der Waals surface area contributed by atoms with Gasteiger partial charge in [0.15, 0.2) is 29.4 Å². The minimum atomic E-state index is -1.61. The molecule has 528 valence electrons. The number of amides is 6. The second kappa shape index (κ2) is 37.0. The molecule has 32 heteroatoms. The normalized spacial score (nSPS) is 21.9. The average Bonchev–Trinajstić information content (AvgIpc) is 1.46. The lowest BCUT2D eigenvalue weighted by molar-refractivity contribution is -0.153. The van der Waals surface area contributed by atoms with Crippen molar-refractivity contribution < 1.29 is 73.2 Å². The van der Waals surface area contributed by atoms with Gasteiger partial charge in [-0.15, -0.1) is 11.3 Å². The van der Waals surface area contributed by atoms with E-state index in [4.69, 9.17) is 50.0 Å². The van der Waals surface area contributed by atoms with Crippen molar-refractivity contribution in [3.63, 3.8) is 0 Å². The van der Waals surface area contributed by atoms with Crippen LogP contribution in [0.15, 0.2) is 56.8 Å². The van der Waals surface area contributed by atoms with Crippen LogP contribution >= 0.6 is 11.3 Å². The largest absolute Gasteiger partial charge is 0.481 e. The summed E-state index contributed by atoms with van der Waals surface area (Å²) in [5.74, 6) is -10.8. The number of likely N-dealkylation sites (tertiary alicyclic amines) is 3. The maximum absolute atomic E-state index is 15.4. The number of aliphatic hydroxyl groups excluding tert-OH is 2. The highest BCUT2D eigenvalue weighted by Gasteiger charge is 2.52. The first kappa shape index (κ1) is 76.4. The summed E-state index contributed by atoms with van der Waals surface area (Å²) in [6.45, 7) is 0.0296. The van der Waals surface area contributed by atoms with Gasteiger partial charge < -0.3 is 90.8 Å². The number of aliphatic carboxylic acids is 2. The van der Waals surface area contributed by atoms with Crippen molar-refractivity contribution in [1.29, 1.82) is 0 Å². The number of thiophene rings is 1. The molecule has 1 aliphatic carbocycles. The van der Waals surface area contributed by atoms with Gasteiger partial charge in [0, 0.05) is 101 Å². The van der Waals surface area contributed by atoms with E-state index >= 15 is 9.59 Å². The van der Waals surface area contributed by atoms with Gasteiger partial charge in [-0.2, -0.15) is 0 Å². The summed E-state index contributed by atoms with van der Waals surface area (Å²) < 4.78 is 0. The van der Waals surface area contributed by atoms with Crippen molar-refractivity contribution in [3.8, 4) is 0 Å². The third-order valence-corrected chi connectivity index (χ3v) is 19.2. The number of guanidine groups is 3. The number of nitrogens with one attached hydrogen (secondary N) is 2. The number of benzene rings is 1. The molecule has 20 N–H and O–H groups in total. The SMILES string of the molecule is CC(=O)O.NC(N)=NCCC[C@H](CC(=O)[C@@H]1C[C@@H]2CCCC[C@@H]2N1C(=O)[C@H]1Cc2ccccc2CN1C(=O)[C@H](CO)NC(=O)[C@@H](CC(=O)CNC(=O)[C@@H]1C[C@@H](O)CN1C(=O)[C@@H]1CCCN1C(=O)[C@H](CCCN=C(N)N)CC(=O)[C@H](N)CCCN=C(N)N)Cc1cccs1)C(=O)O. The number of carbonyl (C=O) groups is 11. The van der Waals surface area contributed by atoms with Crippen LogP contribution in [0.25, 0.3) is 0 Å². The summed E-state index contributed by atoms with van der Waals surface area (Å²) in [6.07, 6.45) is 3.39. The number of carboxylic acid groups (broad SMARTS) is 2. The standard InChI is InChI=1S/C62H92N16O13S.C2H4O2/c63-44(16-7-21-72-62(68)69)51(82)28-37(13-5-19-70-60(64)65)55(86)75-22-8-18-47(75)57(88)77-33-42(81)30-49(77)54(85)73-31-41(80)24-40(25-43-15-9-23-92-43)53(84)74-45(34-79)56(87)76-32-39-12-2-1-10-35(39)26-50(76)58(89)78-46-17-4-3-11-36(46)27-48(78)52(83)29-38(59(90)91)14-6-20-71-61(66)67;1-2(3)4/h1-2,9-10,12,15,23,36-38,40,42,44-50,79,81H,3-8,11,13-14,16-22,24-34,63H2,(H,73,85)(H,74,84)(H,90,91)(H4,64,65,70)(H4,66,67,71)(H4,68,69,72);1H3,(H,3,4)/t36-,37+,38+,40-,42+,44+,45-,46-,47-,48-,49-,50+;/m0./s1. The molecule has 31 nitrogen and oxygen atoms in total. The van der Waals surface area contributed by atoms with Gasteiger partial charge in [0.2, 0.25) is 35.4 Å². The number of hydrogen-bond donors (Lipinski definition) is 13. The number of aliphatic hydroxyl groups is 2. The van der Waals surface area contributed by atoms with Crippen LogP contribution in [-0.4, -0.2) is 217 Å². The van der Waals surface area contributed by atoms with Gasteiger partial charge in [-0.05, 0) is 106 Å². The lowest BCUT2D eigenvalue weighted by Crippen LogP contribution is -2.61. The highest BCUT2D eigenvalue weighted by molar-refractivity contribution is 7.09. The van der Waals surface area contributed by atoms with Gasteiger partial charge in [0.1, 0.15) is 30.0 Å². The van der Waals surface area contributed by atoms with Gasteiger partial charge in [-0.1, -0.05) is 43.2 Å². The van der Waals surface area contributed by atoms with Crippen LogP contribution in [0.2, 0.25) is 0 Å². The summed E-state index contributed by atoms with van der Waals surface area (Å²) in [5.41, 5.74) is 40.5. The van der Waals surface area contributed by atoms with Crippen molar-refractivity contribution in [2.45, 2.75) is 184 Å². The highest BCUT2D eigenvalue weighted by atomic mass is 32.1. The molecule has 0 unspecified atom stereocenters. The van der Waals surface area contributed by atoms with Crippen molar-refractivity contribution in [1.82, 2.24) is 30.2 Å². The van der Waals surface area contributed by atoms with Crippen LogP contribution in [-0.2, 0) is 72.1 Å². The Bertz CT molecular complexity index is 3150. The quantitative estimate of drug-likeness (QED) is 0.0216. The van der Waals surface area contributed by atoms with Crippen LogP contribution in [0.1, 0.15) is 132 Å². The Morgan fingerprint density at radius 1 is 0.667 bits per heavy atom. The van der Waals surface area contributed by atoms with Crippen molar-refractivity contribution in [2.24, 2.45) is 78.8 Å². The number of rotatable bonds is 33. The Balaban J connectivity index is 0.00000354. The van der Waals surface area contributed by atoms with E-state index in [2.05, 4.69) is 25.6 Å². The van der Waals surface area contributed by atoms with Crippen LogP contribution < -0.4 is 50.8 Å². The lowest BCUT2D eigenvalue weighted by atomic mass is 9.84. The van der Waals surface area contributed by atoms with E-state index < -0.39 is 139 Å². The number of fused-ring (bicyclic) bond motifs is 2. The number of aliphatic imine (C=N–C) groups is 3. The zero-order valence-electron chi connectivity index (χ0n) is 54.4. The van der Waals surface area contributed by atoms with E-state index in [1.54, 1.807) is 28.5 Å². The number of carbonyl (C=O) groups excluding carboxylic acids is 9. The smallest absolute Gasteiger partial charge is 0.306 e. The van der Waals surface area contributed by atoms with E-state index in [9.17, 15) is 53.7 Å². The van der Waals surface area contributed by atoms with Crippen LogP contribution in [0.5, 0.6) is 0 Å². The molecule has 7 rings (SSSR count). The molecule has 1 aromatic carbocycles. The monoisotopic (exact) mass is 1360 g/mol. The molecular weight excluding hydrogens is 1260 g/mol. The minimum absolute atomic E-state index is 0.0200. The molecule has 0 bridgehead atoms. The van der Waals surface area contributed by atoms with Crippen LogP contribution in [0.4, 0.5) is 0 Å². The molecule has 2 aromatic rings. The molecule has 12 atom stereocenters. The van der Waals surface area contributed by atoms with E-state index in [1.807, 2.05) is 18.2 Å². The molecule has 6 amide bonds. The van der Waals surface area contributed by atoms with Gasteiger partial charge in [0.05, 0.1) is 37.3 Å². The molecule has 3 saturated heterocycles. The maximum Gasteiger partial charge on any atom is 0.306 e. The van der Waals surface area contributed by atoms with Crippen LogP contribution in [0, 0.1) is 23.7 Å². The Kier molecular flexibility index (Phi) is 29.5. The van der Waals surface area contributed by atoms with E-state index in [0.29, 0.717) is 43.4 Å². The molecule has 96 heavy (non-hydrogen) atoms. The van der Waals surface area contributed by atoms with Crippen LogP contribution in [0.3, 0.4) is 0 Å². The van der Waals surface area contributed by atoms with Crippen molar-refractivity contribution in [2.75, 3.05) is 45.9 Å². The fourth-order valence-electron chi connectivity index (χ4n) is 13.7. The predicted molar refractivity (Wildman–Crippen MR) is 354 cm³/mol. The lowest BCUT2D eigenvalue weighted by Gasteiger charge is -2.42. The van der Waals surface area contributed by atoms with Gasteiger partial charge >= 0.3 is 5.97 Å². The fourth-order valence-corrected chi connectivity index (χ4v) is 14.4. The predicted octanol–water partition coefficient (Wildman–Crippen LogP) is -1.66. The van der Waals surface area contributed by atoms with Gasteiger partial charge in [-0.25, -0.2) is 0 Å². The Morgan fingerprint density at radius 2 is 1.29 bits per heavy atom. The molecule has 0 radical (unpaired) electrons. The summed E-state index contributed by atoms with van der Waals surface area (Å²) >= 11 is 1.32. The Labute approximate surface area is 561 Å². The van der Waals surface area contributed by atoms with Gasteiger partial charge in [0.25, 0.3) is 5.97 Å². The number of ketones is 3. The number of carboxylic acids is 2. The number of nitrogens with zero attached hydrogens (tertiary/aromatic N) is 7. The Morgan fingerprint density at radius 3 is 1.91 bits per heavy atom. The number of β-amino-alcohol motifs (C(OH)–C–C–N with tert-alkyl or cyclic N) is 1. The summed E-state index contributed by atoms with van der Waals surface area (Å²) in [4.78, 5) is 169. The first-order chi connectivity index (χ1) is 45.7. The molecule has 5 heterocycles. The second-order valence-electron chi connectivity index (χ2n) is 25.4. The first-order valence-electron chi connectivity index (χ1n) is 32.8. The molecule has 1 saturated carbocycles. The molecule has 4 fully saturated rings. The van der Waals surface area contributed by atoms with Crippen molar-refractivity contribution >= 4 is 93.9 Å². The fraction of sp³-hybridized carbons (Fsp3) is 0.625. The first-order valence-corrected chi connectivity index (χ1v) is 33.7. The van der Waals surface area contributed by atoms with Crippen molar-refractivity contribution in [3.05, 3.63) is 57.8 Å². The summed E-state index contributed by atoms with van der Waals surface area (Å²) in [6, 6.07) is 3.47. The highest BCUT2D eigenvalue weighted by Crippen LogP contribution is 2.42. The number of hydrogen-bond acceptors (Lipinski definition) is 18. The molecule has 5 aliphatic rings. The summed E-state index contributed by atoms with van der Waals surface area (Å²) in [7, 11) is 0. The average molecular weight is 1360 g/mol. The van der Waals surface area contributed by atoms with E-state index in [0.717, 1.165) is 37.3 Å². The molecular formula is C64H96N16O15S. The third kappa shape index (κ3) is 22.0. The van der Waals surface area contributed by atoms with E-state index in [1.165, 1.54) is 26.0 Å².